The number of amides is 11. The molecule has 0 spiro atoms. The Bertz CT molecular complexity index is 4190. The fraction of sp³-hybridized carbons (Fsp3) is 0.378. The molecular weight excluding hydrogens is 1360 g/mol. The maximum Gasteiger partial charge on any atom is 0.245 e. The standard InChI is InChI=1S/C74H91ClN16O13/c1-41(2)32-56(65(96)84-55(20-12-30-79-74(77)78)73(104)91-31-13-21-63(91)72(103)82-42(3)64(76)95)85-69(100)60(36-47-38-80-53-18-10-8-16-51(47)53)88-68(99)59(35-46-24-28-50(94)29-25-46)87-71(102)62(40-92)90-70(101)61(37-48-39-81-54-19-11-9-17-52(48)54)89-67(98)58(34-45-22-26-49(75)27-23-45)86-66(97)57(83-43(4)93)33-44-14-6-5-7-15-44/h5-11,14-19,22-29,38-39,41-42,55-63,80-81,92,94H,12-13,20-21,30-37,40H2,1-4H3,(H2,76,95)(H,82,103)(H,83,93)(H,84,96)(H,85,100)(H,86,97)(H,87,102)(H,88,99)(H,89,98)(H,90,101)(H4,77,78,79)/t42-,55+,56+,57-,58+,59+,60-,61-,62+,63+/m1/s1. The number of hydrogen-bond acceptors (Lipinski definition) is 14. The molecule has 1 fully saturated rings. The average Bonchev–Trinajstić information content (AvgIpc) is 1.72. The monoisotopic (exact) mass is 1450 g/mol. The van der Waals surface area contributed by atoms with Crippen LogP contribution in [-0.4, -0.2) is 176 Å². The van der Waals surface area contributed by atoms with E-state index in [0.29, 0.717) is 61.1 Å². The smallest absolute Gasteiger partial charge is 0.245 e. The van der Waals surface area contributed by atoms with Gasteiger partial charge in [0, 0.05) is 91.3 Å². The number of halogens is 1. The summed E-state index contributed by atoms with van der Waals surface area (Å²) in [6.07, 6.45) is 3.36. The van der Waals surface area contributed by atoms with Crippen LogP contribution in [0.1, 0.15) is 87.6 Å². The topological polar surface area (TPSA) is 459 Å². The number of aromatic amines is 2. The number of fused-ring (bicyclic) bond motifs is 2. The Morgan fingerprint density at radius 2 is 0.962 bits per heavy atom. The number of aliphatic hydroxyl groups is 1. The molecule has 2 aromatic heterocycles. The number of nitrogens with two attached hydrogens (primary N) is 2. The van der Waals surface area contributed by atoms with Crippen molar-refractivity contribution < 1.29 is 63.0 Å². The zero-order valence-corrected chi connectivity index (χ0v) is 58.9. The Morgan fingerprint density at radius 3 is 1.44 bits per heavy atom. The van der Waals surface area contributed by atoms with Crippen LogP contribution in [0.2, 0.25) is 5.02 Å². The molecule has 7 aromatic rings. The number of phenols is 1. The number of carbonyl (C=O) groups is 11. The lowest BCUT2D eigenvalue weighted by molar-refractivity contribution is -0.142. The highest BCUT2D eigenvalue weighted by molar-refractivity contribution is 6.30. The van der Waals surface area contributed by atoms with Crippen LogP contribution in [0.4, 0.5) is 0 Å². The number of guanidine groups is 1. The molecule has 29 nitrogen and oxygen atoms in total. The second kappa shape index (κ2) is 37.5. The van der Waals surface area contributed by atoms with E-state index in [-0.39, 0.29) is 88.5 Å². The van der Waals surface area contributed by atoms with Crippen molar-refractivity contribution in [3.8, 4) is 5.75 Å². The van der Waals surface area contributed by atoms with E-state index in [0.717, 1.165) is 0 Å². The highest BCUT2D eigenvalue weighted by atomic mass is 35.5. The minimum absolute atomic E-state index is 0.00803. The van der Waals surface area contributed by atoms with Gasteiger partial charge in [0.25, 0.3) is 0 Å². The van der Waals surface area contributed by atoms with E-state index in [9.17, 15) is 48.6 Å². The summed E-state index contributed by atoms with van der Waals surface area (Å²) in [6, 6.07) is 21.7. The minimum atomic E-state index is -1.83. The molecule has 19 N–H and O–H groups in total. The zero-order chi connectivity index (χ0) is 75.1. The summed E-state index contributed by atoms with van der Waals surface area (Å²) >= 11 is 6.25. The Balaban J connectivity index is 1.07. The molecule has 30 heteroatoms. The summed E-state index contributed by atoms with van der Waals surface area (Å²) in [6.45, 7) is 5.47. The first-order chi connectivity index (χ1) is 49.7. The number of nitrogens with one attached hydrogen (secondary N) is 13. The Morgan fingerprint density at radius 1 is 0.538 bits per heavy atom. The van der Waals surface area contributed by atoms with Crippen molar-refractivity contribution in [3.63, 3.8) is 0 Å². The number of nitrogens with zero attached hydrogens (tertiary/aromatic N) is 1. The first kappa shape index (κ1) is 78.4. The van der Waals surface area contributed by atoms with Crippen LogP contribution in [0, 0.1) is 11.3 Å². The summed E-state index contributed by atoms with van der Waals surface area (Å²) < 4.78 is 0. The Hall–Kier alpha value is -11.3. The number of H-pyrrole nitrogens is 2. The van der Waals surface area contributed by atoms with Crippen LogP contribution in [0.5, 0.6) is 5.75 Å². The average molecular weight is 1450 g/mol. The molecule has 1 aliphatic rings. The number of primary amides is 1. The van der Waals surface area contributed by atoms with Gasteiger partial charge in [-0.05, 0) is 109 Å². The lowest BCUT2D eigenvalue weighted by atomic mass is 9.99. The Kier molecular flexibility index (Phi) is 28.3. The van der Waals surface area contributed by atoms with E-state index < -0.39 is 132 Å². The molecule has 104 heavy (non-hydrogen) atoms. The maximum atomic E-state index is 15.2. The van der Waals surface area contributed by atoms with Gasteiger partial charge < -0.3 is 89.7 Å². The second-order valence-electron chi connectivity index (χ2n) is 26.3. The van der Waals surface area contributed by atoms with Gasteiger partial charge in [0.1, 0.15) is 66.2 Å². The minimum Gasteiger partial charge on any atom is -0.508 e. The predicted molar refractivity (Wildman–Crippen MR) is 389 cm³/mol. The van der Waals surface area contributed by atoms with Crippen molar-refractivity contribution in [2.75, 3.05) is 19.7 Å². The molecule has 10 atom stereocenters. The normalized spacial score (nSPS) is 15.3. The van der Waals surface area contributed by atoms with Gasteiger partial charge in [-0.15, -0.1) is 0 Å². The van der Waals surface area contributed by atoms with Crippen LogP contribution in [-0.2, 0) is 84.8 Å². The van der Waals surface area contributed by atoms with Crippen LogP contribution < -0.4 is 64.6 Å². The van der Waals surface area contributed by atoms with Gasteiger partial charge in [0.15, 0.2) is 5.96 Å². The zero-order valence-electron chi connectivity index (χ0n) is 58.2. The van der Waals surface area contributed by atoms with Gasteiger partial charge in [-0.2, -0.15) is 0 Å². The summed E-state index contributed by atoms with van der Waals surface area (Å²) in [4.78, 5) is 164. The molecule has 0 aliphatic carbocycles. The summed E-state index contributed by atoms with van der Waals surface area (Å²) in [7, 11) is 0. The van der Waals surface area contributed by atoms with Gasteiger partial charge in [-0.1, -0.05) is 116 Å². The van der Waals surface area contributed by atoms with E-state index in [1.54, 1.807) is 129 Å². The first-order valence-corrected chi connectivity index (χ1v) is 34.8. The van der Waals surface area contributed by atoms with Crippen LogP contribution in [0.15, 0.2) is 140 Å². The summed E-state index contributed by atoms with van der Waals surface area (Å²) in [5.74, 6) is -9.53. The first-order valence-electron chi connectivity index (χ1n) is 34.4. The number of aliphatic hydroxyl groups excluding tert-OH is 1. The van der Waals surface area contributed by atoms with E-state index in [4.69, 9.17) is 28.5 Å². The largest absolute Gasteiger partial charge is 0.508 e. The Labute approximate surface area is 605 Å². The number of benzene rings is 5. The van der Waals surface area contributed by atoms with Crippen molar-refractivity contribution in [1.82, 2.24) is 68.0 Å². The molecule has 8 rings (SSSR count). The van der Waals surface area contributed by atoms with Gasteiger partial charge in [-0.25, -0.2) is 0 Å². The number of likely N-dealkylation sites (tertiary alicyclic amines) is 1. The third kappa shape index (κ3) is 22.6. The highest BCUT2D eigenvalue weighted by Crippen LogP contribution is 2.24. The summed E-state index contributed by atoms with van der Waals surface area (Å²) in [5.41, 5.74) is 15.1. The van der Waals surface area contributed by atoms with E-state index in [1.165, 1.54) is 43.0 Å². The molecular formula is C74H91ClN16O13. The van der Waals surface area contributed by atoms with Crippen molar-refractivity contribution >= 4 is 104 Å². The molecule has 1 saturated heterocycles. The maximum absolute atomic E-state index is 15.2. The van der Waals surface area contributed by atoms with Gasteiger partial charge in [0.2, 0.25) is 65.0 Å². The molecule has 0 saturated carbocycles. The van der Waals surface area contributed by atoms with Crippen molar-refractivity contribution in [2.45, 2.75) is 152 Å². The number of para-hydroxylation sites is 2. The SMILES string of the molecule is CC(=O)N[C@H](Cc1ccccc1)C(=O)N[C@@H](Cc1ccc(Cl)cc1)C(=O)N[C@H](Cc1c[nH]c2ccccc12)C(=O)N[C@@H](CO)C(=O)N[C@@H](Cc1ccc(O)cc1)C(=O)N[C@H](Cc1c[nH]c2ccccc12)C(=O)N[C@@H](CC(C)C)C(=O)N[C@@H](CCCNC(=N)N)C(=O)N1CCC[C@H]1C(=O)N[C@H](C)C(N)=O. The van der Waals surface area contributed by atoms with Crippen LogP contribution >= 0.6 is 11.6 Å². The quantitative estimate of drug-likeness (QED) is 0.0151. The molecule has 0 bridgehead atoms. The highest BCUT2D eigenvalue weighted by Gasteiger charge is 2.41. The van der Waals surface area contributed by atoms with Crippen LogP contribution in [0.3, 0.4) is 0 Å². The van der Waals surface area contributed by atoms with E-state index in [1.807, 2.05) is 0 Å². The van der Waals surface area contributed by atoms with E-state index in [2.05, 4.69) is 63.1 Å². The molecule has 0 unspecified atom stereocenters. The van der Waals surface area contributed by atoms with Gasteiger partial charge in [0.05, 0.1) is 6.61 Å². The molecule has 0 radical (unpaired) electrons. The number of carbonyl (C=O) groups excluding carboxylic acids is 11. The molecule has 11 amide bonds. The number of aromatic hydroxyl groups is 1. The van der Waals surface area contributed by atoms with Crippen LogP contribution in [0.25, 0.3) is 21.8 Å². The second-order valence-corrected chi connectivity index (χ2v) is 26.8. The molecule has 5 aromatic carbocycles. The molecule has 552 valence electrons. The molecule has 1 aliphatic heterocycles. The fourth-order valence-electron chi connectivity index (χ4n) is 12.4. The lowest BCUT2D eigenvalue weighted by Crippen LogP contribution is -2.62. The lowest BCUT2D eigenvalue weighted by Gasteiger charge is -2.31. The predicted octanol–water partition coefficient (Wildman–Crippen LogP) is 1.70. The summed E-state index contributed by atoms with van der Waals surface area (Å²) in [5, 5.41) is 57.9. The fourth-order valence-corrected chi connectivity index (χ4v) is 12.5. The third-order valence-corrected chi connectivity index (χ3v) is 18.1. The number of aromatic nitrogens is 2. The van der Waals surface area contributed by atoms with Crippen molar-refractivity contribution in [1.29, 1.82) is 5.41 Å². The molecule has 3 heterocycles. The number of rotatable bonds is 36. The number of phenolic OH excluding ortho intramolecular Hbond substituents is 1. The van der Waals surface area contributed by atoms with Gasteiger partial charge in [-0.3, -0.25) is 58.1 Å². The van der Waals surface area contributed by atoms with Crippen molar-refractivity contribution in [2.24, 2.45) is 17.4 Å². The third-order valence-electron chi connectivity index (χ3n) is 17.8. The number of hydrogen-bond donors (Lipinski definition) is 17. The van der Waals surface area contributed by atoms with Gasteiger partial charge >= 0.3 is 0 Å². The van der Waals surface area contributed by atoms with E-state index >= 15 is 14.4 Å². The van der Waals surface area contributed by atoms with Crippen molar-refractivity contribution in [3.05, 3.63) is 173 Å².